The van der Waals surface area contributed by atoms with Crippen molar-refractivity contribution in [3.63, 3.8) is 0 Å². The Balaban J connectivity index is 1.23. The fraction of sp³-hybridized carbons (Fsp3) is 0.440. The maximum atomic E-state index is 12.6. The molecule has 0 radical (unpaired) electrons. The summed E-state index contributed by atoms with van der Waals surface area (Å²) in [5, 5.41) is 5.68. The quantitative estimate of drug-likeness (QED) is 0.644. The number of urea groups is 1. The Hall–Kier alpha value is -3.10. The minimum atomic E-state index is -0.320. The fourth-order valence-electron chi connectivity index (χ4n) is 4.05. The number of morpholine rings is 1. The third kappa shape index (κ3) is 6.94. The minimum Gasteiger partial charge on any atom is -0.492 e. The number of carbonyl (C=O) groups excluding carboxylic acids is 2. The van der Waals surface area contributed by atoms with Gasteiger partial charge in [0.05, 0.1) is 13.2 Å². The van der Waals surface area contributed by atoms with Crippen LogP contribution in [0.1, 0.15) is 28.8 Å². The van der Waals surface area contributed by atoms with Gasteiger partial charge in [0.25, 0.3) is 5.91 Å². The van der Waals surface area contributed by atoms with Gasteiger partial charge in [-0.3, -0.25) is 9.69 Å². The molecule has 2 heterocycles. The minimum absolute atomic E-state index is 0.0157. The Bertz CT molecular complexity index is 940. The molecular formula is C25H32N4O4. The predicted molar refractivity (Wildman–Crippen MR) is 127 cm³/mol. The number of amides is 3. The van der Waals surface area contributed by atoms with Gasteiger partial charge in [-0.2, -0.15) is 0 Å². The molecule has 33 heavy (non-hydrogen) atoms. The van der Waals surface area contributed by atoms with Gasteiger partial charge in [0.15, 0.2) is 0 Å². The molecule has 2 aromatic rings. The van der Waals surface area contributed by atoms with Crippen molar-refractivity contribution in [2.24, 2.45) is 0 Å². The monoisotopic (exact) mass is 452 g/mol. The lowest BCUT2D eigenvalue weighted by molar-refractivity contribution is 0.0322. The molecule has 2 fully saturated rings. The number of ether oxygens (including phenoxy) is 2. The SMILES string of the molecule is O=C(NCc1cccc(OCCN2CCOCC2)c1)Nc1cccc(C(=O)N2CCCC2)c1. The molecule has 0 atom stereocenters. The van der Waals surface area contributed by atoms with Crippen molar-refractivity contribution < 1.29 is 19.1 Å². The average molecular weight is 453 g/mol. The van der Waals surface area contributed by atoms with E-state index < -0.39 is 0 Å². The Morgan fingerprint density at radius 2 is 1.76 bits per heavy atom. The van der Waals surface area contributed by atoms with Crippen LogP contribution in [0.25, 0.3) is 0 Å². The van der Waals surface area contributed by atoms with E-state index in [1.807, 2.05) is 29.2 Å². The van der Waals surface area contributed by atoms with Crippen LogP contribution in [-0.4, -0.2) is 74.3 Å². The summed E-state index contributed by atoms with van der Waals surface area (Å²) in [7, 11) is 0. The zero-order chi connectivity index (χ0) is 22.9. The molecule has 2 N–H and O–H groups in total. The molecule has 2 aromatic carbocycles. The lowest BCUT2D eigenvalue weighted by Gasteiger charge is -2.26. The first-order valence-electron chi connectivity index (χ1n) is 11.6. The lowest BCUT2D eigenvalue weighted by atomic mass is 10.2. The van der Waals surface area contributed by atoms with E-state index in [0.717, 1.165) is 70.1 Å². The van der Waals surface area contributed by atoms with Crippen molar-refractivity contribution in [1.29, 1.82) is 0 Å². The third-order valence-electron chi connectivity index (χ3n) is 5.89. The molecule has 176 valence electrons. The lowest BCUT2D eigenvalue weighted by Crippen LogP contribution is -2.38. The van der Waals surface area contributed by atoms with Gasteiger partial charge in [0, 0.05) is 50.5 Å². The second kappa shape index (κ2) is 11.7. The summed E-state index contributed by atoms with van der Waals surface area (Å²) < 4.78 is 11.2. The number of anilines is 1. The number of benzene rings is 2. The standard InChI is InChI=1S/C25H32N4O4/c30-24(29-9-1-2-10-29)21-6-4-7-22(18-21)27-25(31)26-19-20-5-3-8-23(17-20)33-16-13-28-11-14-32-15-12-28/h3-8,17-18H,1-2,9-16,19H2,(H2,26,27,31). The van der Waals surface area contributed by atoms with E-state index in [0.29, 0.717) is 24.4 Å². The van der Waals surface area contributed by atoms with Crippen LogP contribution in [0.4, 0.5) is 10.5 Å². The Kier molecular flexibility index (Phi) is 8.16. The largest absolute Gasteiger partial charge is 0.492 e. The van der Waals surface area contributed by atoms with E-state index in [2.05, 4.69) is 15.5 Å². The van der Waals surface area contributed by atoms with Gasteiger partial charge in [-0.25, -0.2) is 4.79 Å². The highest BCUT2D eigenvalue weighted by molar-refractivity contribution is 5.97. The average Bonchev–Trinajstić information content (AvgIpc) is 3.39. The van der Waals surface area contributed by atoms with E-state index in [9.17, 15) is 9.59 Å². The summed E-state index contributed by atoms with van der Waals surface area (Å²) in [6.07, 6.45) is 2.10. The smallest absolute Gasteiger partial charge is 0.319 e. The van der Waals surface area contributed by atoms with Crippen molar-refractivity contribution in [2.45, 2.75) is 19.4 Å². The van der Waals surface area contributed by atoms with Gasteiger partial charge in [0.1, 0.15) is 12.4 Å². The molecule has 0 aromatic heterocycles. The maximum absolute atomic E-state index is 12.6. The molecule has 2 saturated heterocycles. The number of carbonyl (C=O) groups is 2. The summed E-state index contributed by atoms with van der Waals surface area (Å²) in [6, 6.07) is 14.5. The number of nitrogens with zero attached hydrogens (tertiary/aromatic N) is 2. The Labute approximate surface area is 194 Å². The highest BCUT2D eigenvalue weighted by atomic mass is 16.5. The topological polar surface area (TPSA) is 83.1 Å². The van der Waals surface area contributed by atoms with Crippen LogP contribution in [0.15, 0.2) is 48.5 Å². The fourth-order valence-corrected chi connectivity index (χ4v) is 4.05. The van der Waals surface area contributed by atoms with Crippen LogP contribution in [-0.2, 0) is 11.3 Å². The van der Waals surface area contributed by atoms with Gasteiger partial charge in [0.2, 0.25) is 0 Å². The molecule has 2 aliphatic rings. The van der Waals surface area contributed by atoms with Crippen LogP contribution in [0, 0.1) is 0 Å². The number of likely N-dealkylation sites (tertiary alicyclic amines) is 1. The molecule has 4 rings (SSSR count). The van der Waals surface area contributed by atoms with Crippen molar-refractivity contribution in [3.8, 4) is 5.75 Å². The predicted octanol–water partition coefficient (Wildman–Crippen LogP) is 2.96. The van der Waals surface area contributed by atoms with Crippen LogP contribution in [0.2, 0.25) is 0 Å². The Morgan fingerprint density at radius 3 is 2.58 bits per heavy atom. The third-order valence-corrected chi connectivity index (χ3v) is 5.89. The number of nitrogens with one attached hydrogen (secondary N) is 2. The van der Waals surface area contributed by atoms with E-state index in [1.54, 1.807) is 24.3 Å². The van der Waals surface area contributed by atoms with Crippen LogP contribution in [0.3, 0.4) is 0 Å². The summed E-state index contributed by atoms with van der Waals surface area (Å²) >= 11 is 0. The maximum Gasteiger partial charge on any atom is 0.319 e. The molecular weight excluding hydrogens is 420 g/mol. The first-order chi connectivity index (χ1) is 16.2. The van der Waals surface area contributed by atoms with E-state index in [1.165, 1.54) is 0 Å². The molecule has 0 unspecified atom stereocenters. The number of hydrogen-bond donors (Lipinski definition) is 2. The zero-order valence-electron chi connectivity index (χ0n) is 18.9. The molecule has 0 saturated carbocycles. The number of rotatable bonds is 8. The number of hydrogen-bond acceptors (Lipinski definition) is 5. The summed E-state index contributed by atoms with van der Waals surface area (Å²) in [6.45, 7) is 6.90. The van der Waals surface area contributed by atoms with Crippen LogP contribution < -0.4 is 15.4 Å². The van der Waals surface area contributed by atoms with Gasteiger partial charge < -0.3 is 25.0 Å². The normalized spacial score (nSPS) is 16.4. The molecule has 8 heteroatoms. The molecule has 2 aliphatic heterocycles. The van der Waals surface area contributed by atoms with E-state index >= 15 is 0 Å². The molecule has 0 bridgehead atoms. The van der Waals surface area contributed by atoms with Gasteiger partial charge in [-0.1, -0.05) is 18.2 Å². The molecule has 8 nitrogen and oxygen atoms in total. The van der Waals surface area contributed by atoms with Gasteiger partial charge in [-0.05, 0) is 48.7 Å². The van der Waals surface area contributed by atoms with Gasteiger partial charge >= 0.3 is 6.03 Å². The zero-order valence-corrected chi connectivity index (χ0v) is 18.9. The van der Waals surface area contributed by atoms with Crippen LogP contribution in [0.5, 0.6) is 5.75 Å². The molecule has 0 aliphatic carbocycles. The Morgan fingerprint density at radius 1 is 0.970 bits per heavy atom. The summed E-state index contributed by atoms with van der Waals surface area (Å²) in [5.41, 5.74) is 2.14. The first kappa shape index (κ1) is 23.1. The summed E-state index contributed by atoms with van der Waals surface area (Å²) in [5.74, 6) is 0.804. The molecule has 0 spiro atoms. The summed E-state index contributed by atoms with van der Waals surface area (Å²) in [4.78, 5) is 29.1. The van der Waals surface area contributed by atoms with E-state index in [-0.39, 0.29) is 11.9 Å². The highest BCUT2D eigenvalue weighted by Gasteiger charge is 2.19. The molecule has 3 amide bonds. The highest BCUT2D eigenvalue weighted by Crippen LogP contribution is 2.17. The first-order valence-corrected chi connectivity index (χ1v) is 11.6. The van der Waals surface area contributed by atoms with Gasteiger partial charge in [-0.15, -0.1) is 0 Å². The van der Waals surface area contributed by atoms with Crippen molar-refractivity contribution in [3.05, 3.63) is 59.7 Å². The van der Waals surface area contributed by atoms with Crippen molar-refractivity contribution in [2.75, 3.05) is 57.9 Å². The second-order valence-electron chi connectivity index (χ2n) is 8.34. The van der Waals surface area contributed by atoms with Crippen LogP contribution >= 0.6 is 0 Å². The van der Waals surface area contributed by atoms with E-state index in [4.69, 9.17) is 9.47 Å². The van der Waals surface area contributed by atoms with Crippen molar-refractivity contribution in [1.82, 2.24) is 15.1 Å². The second-order valence-corrected chi connectivity index (χ2v) is 8.34. The van der Waals surface area contributed by atoms with Crippen molar-refractivity contribution >= 4 is 17.6 Å².